The van der Waals surface area contributed by atoms with Crippen molar-refractivity contribution in [2.75, 3.05) is 14.1 Å². The minimum Gasteiger partial charge on any atom is -0.386 e. The van der Waals surface area contributed by atoms with Gasteiger partial charge in [-0.3, -0.25) is 0 Å². The van der Waals surface area contributed by atoms with E-state index in [9.17, 15) is 9.59 Å². The number of fused-ring (bicyclic) bond motifs is 2. The van der Waals surface area contributed by atoms with Crippen LogP contribution in [0.4, 0.5) is 0 Å². The number of hydrogen-bond donors (Lipinski definition) is 0. The summed E-state index contributed by atoms with van der Waals surface area (Å²) >= 11 is 0. The smallest absolute Gasteiger partial charge is 0.349 e. The van der Waals surface area contributed by atoms with Crippen LogP contribution < -0.4 is 0 Å². The standard InChI is InChI=1S/C15H12N2O3.C2H6/c1-17(2)8-11-13-10(14(18)20-15(11)19)7-9-5-3-4-6-12(9)16-13;1-2/h3-8H,1-2H3;1-2H3. The Bertz CT molecular complexity index is 764. The molecule has 0 aliphatic carbocycles. The lowest BCUT2D eigenvalue weighted by Crippen LogP contribution is -2.24. The van der Waals surface area contributed by atoms with Gasteiger partial charge in [-0.2, -0.15) is 0 Å². The lowest BCUT2D eigenvalue weighted by Gasteiger charge is -2.18. The first kappa shape index (κ1) is 15.7. The first-order valence-electron chi connectivity index (χ1n) is 7.11. The predicted octanol–water partition coefficient (Wildman–Crippen LogP) is 2.86. The second-order valence-corrected chi connectivity index (χ2v) is 4.76. The fourth-order valence-corrected chi connectivity index (χ4v) is 2.14. The predicted molar refractivity (Wildman–Crippen MR) is 85.2 cm³/mol. The Morgan fingerprint density at radius 1 is 1.09 bits per heavy atom. The number of ether oxygens (including phenoxy) is 1. The van der Waals surface area contributed by atoms with Crippen LogP contribution in [0.15, 0.2) is 36.5 Å². The normalized spacial score (nSPS) is 15.0. The van der Waals surface area contributed by atoms with E-state index in [0.717, 1.165) is 10.9 Å². The third-order valence-corrected chi connectivity index (χ3v) is 2.99. The van der Waals surface area contributed by atoms with Crippen molar-refractivity contribution >= 4 is 28.4 Å². The number of para-hydroxylation sites is 1. The van der Waals surface area contributed by atoms with Crippen molar-refractivity contribution in [3.63, 3.8) is 0 Å². The van der Waals surface area contributed by atoms with Crippen molar-refractivity contribution < 1.29 is 14.3 Å². The SMILES string of the molecule is CC.CN(C)C=C1C(=O)OC(=O)c2cc3ccccc3nc21. The van der Waals surface area contributed by atoms with Crippen LogP contribution in [0.3, 0.4) is 0 Å². The first-order chi connectivity index (χ1) is 10.6. The first-order valence-corrected chi connectivity index (χ1v) is 7.11. The van der Waals surface area contributed by atoms with Crippen LogP contribution >= 0.6 is 0 Å². The molecule has 3 rings (SSSR count). The van der Waals surface area contributed by atoms with Crippen LogP contribution in [-0.2, 0) is 9.53 Å². The fraction of sp³-hybridized carbons (Fsp3) is 0.235. The van der Waals surface area contributed by atoms with Gasteiger partial charge in [-0.05, 0) is 12.1 Å². The van der Waals surface area contributed by atoms with Gasteiger partial charge in [0.05, 0.1) is 16.8 Å². The van der Waals surface area contributed by atoms with Gasteiger partial charge in [-0.1, -0.05) is 32.0 Å². The van der Waals surface area contributed by atoms with Gasteiger partial charge in [0.2, 0.25) is 0 Å². The highest BCUT2D eigenvalue weighted by Crippen LogP contribution is 2.28. The second-order valence-electron chi connectivity index (χ2n) is 4.76. The number of cyclic esters (lactones) is 2. The molecule has 1 aromatic heterocycles. The molecule has 0 atom stereocenters. The molecule has 5 heteroatoms. The van der Waals surface area contributed by atoms with E-state index in [4.69, 9.17) is 4.74 Å². The number of aromatic nitrogens is 1. The van der Waals surface area contributed by atoms with Crippen LogP contribution in [0.2, 0.25) is 0 Å². The van der Waals surface area contributed by atoms with Crippen LogP contribution in [-0.4, -0.2) is 35.9 Å². The van der Waals surface area contributed by atoms with Gasteiger partial charge < -0.3 is 9.64 Å². The Balaban J connectivity index is 0.000000847. The van der Waals surface area contributed by atoms with Gasteiger partial charge in [0.25, 0.3) is 0 Å². The summed E-state index contributed by atoms with van der Waals surface area (Å²) < 4.78 is 4.76. The summed E-state index contributed by atoms with van der Waals surface area (Å²) in [6.07, 6.45) is 1.61. The fourth-order valence-electron chi connectivity index (χ4n) is 2.14. The van der Waals surface area contributed by atoms with Gasteiger partial charge in [0, 0.05) is 25.7 Å². The molecular weight excluding hydrogens is 280 g/mol. The number of pyridine rings is 1. The minimum atomic E-state index is -0.668. The Hall–Kier alpha value is -2.69. The number of carbonyl (C=O) groups excluding carboxylic acids is 2. The molecule has 5 nitrogen and oxygen atoms in total. The minimum absolute atomic E-state index is 0.287. The summed E-state index contributed by atoms with van der Waals surface area (Å²) in [6, 6.07) is 9.14. The molecule has 0 fully saturated rings. The highest BCUT2D eigenvalue weighted by Gasteiger charge is 2.31. The largest absolute Gasteiger partial charge is 0.386 e. The molecule has 0 saturated heterocycles. The van der Waals surface area contributed by atoms with Crippen LogP contribution in [0.1, 0.15) is 29.9 Å². The average molecular weight is 298 g/mol. The van der Waals surface area contributed by atoms with Gasteiger partial charge in [-0.15, -0.1) is 0 Å². The summed E-state index contributed by atoms with van der Waals surface area (Å²) in [5.74, 6) is -1.32. The molecule has 1 aliphatic rings. The van der Waals surface area contributed by atoms with Crippen LogP contribution in [0.25, 0.3) is 16.5 Å². The Morgan fingerprint density at radius 2 is 1.77 bits per heavy atom. The van der Waals surface area contributed by atoms with E-state index in [1.54, 1.807) is 31.3 Å². The highest BCUT2D eigenvalue weighted by molar-refractivity contribution is 6.25. The molecule has 1 aromatic carbocycles. The zero-order chi connectivity index (χ0) is 16.3. The van der Waals surface area contributed by atoms with E-state index in [2.05, 4.69) is 4.98 Å². The van der Waals surface area contributed by atoms with Crippen LogP contribution in [0, 0.1) is 0 Å². The van der Waals surface area contributed by atoms with Gasteiger partial charge in [0.1, 0.15) is 5.57 Å². The molecule has 0 unspecified atom stereocenters. The molecule has 1 aliphatic heterocycles. The Morgan fingerprint density at radius 3 is 2.45 bits per heavy atom. The summed E-state index contributed by atoms with van der Waals surface area (Å²) in [6.45, 7) is 4.00. The van der Waals surface area contributed by atoms with Gasteiger partial charge in [0.15, 0.2) is 0 Å². The Labute approximate surface area is 129 Å². The third-order valence-electron chi connectivity index (χ3n) is 2.99. The molecular formula is C17H18N2O3. The lowest BCUT2D eigenvalue weighted by molar-refractivity contribution is -0.131. The lowest BCUT2D eigenvalue weighted by atomic mass is 10.0. The van der Waals surface area contributed by atoms with E-state index in [1.807, 2.05) is 38.1 Å². The van der Waals surface area contributed by atoms with E-state index in [-0.39, 0.29) is 5.57 Å². The number of esters is 2. The van der Waals surface area contributed by atoms with E-state index in [0.29, 0.717) is 11.3 Å². The number of benzene rings is 1. The zero-order valence-electron chi connectivity index (χ0n) is 13.1. The van der Waals surface area contributed by atoms with Crippen molar-refractivity contribution in [2.45, 2.75) is 13.8 Å². The zero-order valence-corrected chi connectivity index (χ0v) is 13.1. The molecule has 2 heterocycles. The number of carbonyl (C=O) groups is 2. The topological polar surface area (TPSA) is 59.5 Å². The molecule has 114 valence electrons. The monoisotopic (exact) mass is 298 g/mol. The molecule has 0 bridgehead atoms. The number of rotatable bonds is 1. The molecule has 0 radical (unpaired) electrons. The molecule has 0 amide bonds. The van der Waals surface area contributed by atoms with Crippen molar-refractivity contribution in [1.82, 2.24) is 9.88 Å². The summed E-state index contributed by atoms with van der Waals surface area (Å²) in [5, 5.41) is 0.835. The number of hydrogen-bond acceptors (Lipinski definition) is 5. The van der Waals surface area contributed by atoms with Gasteiger partial charge >= 0.3 is 11.9 Å². The second kappa shape index (κ2) is 6.39. The van der Waals surface area contributed by atoms with Crippen molar-refractivity contribution in [1.29, 1.82) is 0 Å². The molecule has 0 saturated carbocycles. The Kier molecular flexibility index (Phi) is 4.56. The average Bonchev–Trinajstić information content (AvgIpc) is 2.52. The quantitative estimate of drug-likeness (QED) is 0.460. The maximum absolute atomic E-state index is 11.9. The van der Waals surface area contributed by atoms with Crippen molar-refractivity contribution in [2.24, 2.45) is 0 Å². The summed E-state index contributed by atoms with van der Waals surface area (Å²) in [7, 11) is 3.58. The van der Waals surface area contributed by atoms with Crippen molar-refractivity contribution in [3.8, 4) is 0 Å². The highest BCUT2D eigenvalue weighted by atomic mass is 16.6. The van der Waals surface area contributed by atoms with Crippen molar-refractivity contribution in [3.05, 3.63) is 47.8 Å². The van der Waals surface area contributed by atoms with Crippen LogP contribution in [0.5, 0.6) is 0 Å². The molecule has 22 heavy (non-hydrogen) atoms. The maximum atomic E-state index is 11.9. The third kappa shape index (κ3) is 2.83. The van der Waals surface area contributed by atoms with E-state index >= 15 is 0 Å². The number of nitrogens with zero attached hydrogens (tertiary/aromatic N) is 2. The summed E-state index contributed by atoms with van der Waals surface area (Å²) in [5.41, 5.74) is 1.71. The van der Waals surface area contributed by atoms with E-state index in [1.165, 1.54) is 0 Å². The van der Waals surface area contributed by atoms with Gasteiger partial charge in [-0.25, -0.2) is 14.6 Å². The maximum Gasteiger partial charge on any atom is 0.349 e. The summed E-state index contributed by atoms with van der Waals surface area (Å²) in [4.78, 5) is 29.9. The molecule has 0 spiro atoms. The molecule has 2 aromatic rings. The molecule has 0 N–H and O–H groups in total. The van der Waals surface area contributed by atoms with E-state index < -0.39 is 11.9 Å².